The van der Waals surface area contributed by atoms with E-state index in [4.69, 9.17) is 4.42 Å². The van der Waals surface area contributed by atoms with E-state index in [9.17, 15) is 0 Å². The van der Waals surface area contributed by atoms with Crippen molar-refractivity contribution in [2.24, 2.45) is 0 Å². The zero-order valence-electron chi connectivity index (χ0n) is 11.7. The van der Waals surface area contributed by atoms with Crippen LogP contribution in [0.15, 0.2) is 52.9 Å². The Hall–Kier alpha value is -2.48. The van der Waals surface area contributed by atoms with Gasteiger partial charge < -0.3 is 9.73 Å². The minimum Gasteiger partial charge on any atom is -0.457 e. The molecule has 0 bridgehead atoms. The molecule has 2 heteroatoms. The highest BCUT2D eigenvalue weighted by Crippen LogP contribution is 2.22. The van der Waals surface area contributed by atoms with Crippen LogP contribution in [-0.2, 0) is 0 Å². The number of aryl methyl sites for hydroxylation is 1. The summed E-state index contributed by atoms with van der Waals surface area (Å²) in [6, 6.07) is 16.6. The second kappa shape index (κ2) is 5.25. The zero-order valence-corrected chi connectivity index (χ0v) is 11.7. The molecule has 3 aromatic rings. The van der Waals surface area contributed by atoms with Crippen molar-refractivity contribution < 1.29 is 4.42 Å². The molecule has 1 N–H and O–H groups in total. The number of nitrogens with one attached hydrogen (secondary N) is 1. The van der Waals surface area contributed by atoms with Crippen molar-refractivity contribution >= 4 is 28.8 Å². The van der Waals surface area contributed by atoms with E-state index in [0.29, 0.717) is 0 Å². The first-order valence-electron chi connectivity index (χ1n) is 6.71. The lowest BCUT2D eigenvalue weighted by Crippen LogP contribution is -1.86. The molecule has 0 spiro atoms. The molecule has 2 aromatic carbocycles. The topological polar surface area (TPSA) is 25.2 Å². The smallest absolute Gasteiger partial charge is 0.135 e. The summed E-state index contributed by atoms with van der Waals surface area (Å²) in [5, 5.41) is 4.25. The molecule has 0 amide bonds. The lowest BCUT2D eigenvalue weighted by atomic mass is 10.1. The molecule has 3 rings (SSSR count). The highest BCUT2D eigenvalue weighted by atomic mass is 16.3. The summed E-state index contributed by atoms with van der Waals surface area (Å²) >= 11 is 0. The van der Waals surface area contributed by atoms with Crippen molar-refractivity contribution in [2.45, 2.75) is 6.92 Å². The normalized spacial score (nSPS) is 11.3. The standard InChI is InChI=1S/C18H17NO/c1-13-3-7-15-12-17(20-18(15)11-13)10-6-14-4-8-16(19-2)9-5-14/h3-12,19H,1-2H3. The number of benzene rings is 2. The average Bonchev–Trinajstić information content (AvgIpc) is 2.87. The van der Waals surface area contributed by atoms with Crippen molar-refractivity contribution in [3.8, 4) is 0 Å². The Bertz CT molecular complexity index is 751. The number of anilines is 1. The molecule has 0 aliphatic heterocycles. The highest BCUT2D eigenvalue weighted by molar-refractivity contribution is 5.82. The summed E-state index contributed by atoms with van der Waals surface area (Å²) < 4.78 is 5.82. The molecule has 0 aliphatic carbocycles. The summed E-state index contributed by atoms with van der Waals surface area (Å²) in [7, 11) is 1.92. The van der Waals surface area contributed by atoms with Gasteiger partial charge in [-0.15, -0.1) is 0 Å². The van der Waals surface area contributed by atoms with E-state index in [1.807, 2.05) is 13.1 Å². The summed E-state index contributed by atoms with van der Waals surface area (Å²) in [6.07, 6.45) is 4.06. The van der Waals surface area contributed by atoms with Gasteiger partial charge in [-0.05, 0) is 48.4 Å². The molecular formula is C18H17NO. The third-order valence-electron chi connectivity index (χ3n) is 3.33. The monoisotopic (exact) mass is 263 g/mol. The molecule has 20 heavy (non-hydrogen) atoms. The maximum Gasteiger partial charge on any atom is 0.135 e. The van der Waals surface area contributed by atoms with Gasteiger partial charge >= 0.3 is 0 Å². The van der Waals surface area contributed by atoms with Crippen LogP contribution in [0.1, 0.15) is 16.9 Å². The summed E-state index contributed by atoms with van der Waals surface area (Å²) in [5.74, 6) is 0.878. The summed E-state index contributed by atoms with van der Waals surface area (Å²) in [5.41, 5.74) is 4.42. The summed E-state index contributed by atoms with van der Waals surface area (Å²) in [4.78, 5) is 0. The molecule has 0 saturated heterocycles. The molecule has 0 atom stereocenters. The van der Waals surface area contributed by atoms with Gasteiger partial charge in [0.15, 0.2) is 0 Å². The van der Waals surface area contributed by atoms with Gasteiger partial charge in [-0.1, -0.05) is 30.3 Å². The van der Waals surface area contributed by atoms with Gasteiger partial charge in [0.25, 0.3) is 0 Å². The predicted octanol–water partition coefficient (Wildman–Crippen LogP) is 4.95. The minimum atomic E-state index is 0.878. The number of hydrogen-bond donors (Lipinski definition) is 1. The van der Waals surface area contributed by atoms with E-state index in [1.54, 1.807) is 0 Å². The van der Waals surface area contributed by atoms with E-state index >= 15 is 0 Å². The maximum absolute atomic E-state index is 5.82. The van der Waals surface area contributed by atoms with Crippen molar-refractivity contribution in [3.63, 3.8) is 0 Å². The quantitative estimate of drug-likeness (QED) is 0.723. The average molecular weight is 263 g/mol. The Morgan fingerprint density at radius 1 is 0.950 bits per heavy atom. The summed E-state index contributed by atoms with van der Waals surface area (Å²) in [6.45, 7) is 2.07. The Kier molecular flexibility index (Phi) is 3.30. The lowest BCUT2D eigenvalue weighted by molar-refractivity contribution is 0.604. The van der Waals surface area contributed by atoms with Gasteiger partial charge in [-0.25, -0.2) is 0 Å². The largest absolute Gasteiger partial charge is 0.457 e. The SMILES string of the molecule is CNc1ccc(C=Cc2cc3ccc(C)cc3o2)cc1. The van der Waals surface area contributed by atoms with E-state index in [1.165, 1.54) is 5.56 Å². The molecule has 0 aliphatic rings. The zero-order chi connectivity index (χ0) is 13.9. The van der Waals surface area contributed by atoms with Gasteiger partial charge in [0.05, 0.1) is 0 Å². The fraction of sp³-hybridized carbons (Fsp3) is 0.111. The number of fused-ring (bicyclic) bond motifs is 1. The van der Waals surface area contributed by atoms with Gasteiger partial charge in [-0.2, -0.15) is 0 Å². The number of rotatable bonds is 3. The highest BCUT2D eigenvalue weighted by Gasteiger charge is 2.00. The van der Waals surface area contributed by atoms with Crippen LogP contribution in [0.2, 0.25) is 0 Å². The van der Waals surface area contributed by atoms with E-state index in [2.05, 4.69) is 66.8 Å². The van der Waals surface area contributed by atoms with Crippen LogP contribution >= 0.6 is 0 Å². The maximum atomic E-state index is 5.82. The third-order valence-corrected chi connectivity index (χ3v) is 3.33. The first kappa shape index (κ1) is 12.5. The fourth-order valence-corrected chi connectivity index (χ4v) is 2.18. The fourth-order valence-electron chi connectivity index (χ4n) is 2.18. The predicted molar refractivity (Wildman–Crippen MR) is 85.9 cm³/mol. The molecular weight excluding hydrogens is 246 g/mol. The Labute approximate surface area is 118 Å². The molecule has 0 radical (unpaired) electrons. The molecule has 1 aromatic heterocycles. The molecule has 100 valence electrons. The molecule has 2 nitrogen and oxygen atoms in total. The van der Waals surface area contributed by atoms with E-state index in [-0.39, 0.29) is 0 Å². The van der Waals surface area contributed by atoms with Gasteiger partial charge in [0.2, 0.25) is 0 Å². The van der Waals surface area contributed by atoms with Gasteiger partial charge in [0, 0.05) is 18.1 Å². The Morgan fingerprint density at radius 3 is 2.50 bits per heavy atom. The second-order valence-corrected chi connectivity index (χ2v) is 4.90. The van der Waals surface area contributed by atoms with E-state index in [0.717, 1.165) is 28.0 Å². The first-order chi connectivity index (χ1) is 9.74. The third kappa shape index (κ3) is 2.59. The minimum absolute atomic E-state index is 0.878. The van der Waals surface area contributed by atoms with Crippen LogP contribution < -0.4 is 5.32 Å². The van der Waals surface area contributed by atoms with E-state index < -0.39 is 0 Å². The van der Waals surface area contributed by atoms with Crippen molar-refractivity contribution in [2.75, 3.05) is 12.4 Å². The van der Waals surface area contributed by atoms with Gasteiger partial charge in [0.1, 0.15) is 11.3 Å². The van der Waals surface area contributed by atoms with Crippen LogP contribution in [0.4, 0.5) is 5.69 Å². The van der Waals surface area contributed by atoms with Crippen LogP contribution in [-0.4, -0.2) is 7.05 Å². The lowest BCUT2D eigenvalue weighted by Gasteiger charge is -1.98. The van der Waals surface area contributed by atoms with Crippen molar-refractivity contribution in [1.29, 1.82) is 0 Å². The first-order valence-corrected chi connectivity index (χ1v) is 6.71. The molecule has 0 unspecified atom stereocenters. The molecule has 0 saturated carbocycles. The van der Waals surface area contributed by atoms with Gasteiger partial charge in [-0.3, -0.25) is 0 Å². The molecule has 0 fully saturated rings. The number of hydrogen-bond acceptors (Lipinski definition) is 2. The van der Waals surface area contributed by atoms with Crippen LogP contribution in [0.5, 0.6) is 0 Å². The van der Waals surface area contributed by atoms with Crippen molar-refractivity contribution in [3.05, 3.63) is 65.4 Å². The van der Waals surface area contributed by atoms with Crippen LogP contribution in [0.3, 0.4) is 0 Å². The van der Waals surface area contributed by atoms with Crippen LogP contribution in [0, 0.1) is 6.92 Å². The molecule has 1 heterocycles. The van der Waals surface area contributed by atoms with Crippen molar-refractivity contribution in [1.82, 2.24) is 0 Å². The Balaban J connectivity index is 1.85. The van der Waals surface area contributed by atoms with Crippen LogP contribution in [0.25, 0.3) is 23.1 Å². The number of furan rings is 1. The second-order valence-electron chi connectivity index (χ2n) is 4.90. The Morgan fingerprint density at radius 2 is 1.75 bits per heavy atom.